The largest absolute Gasteiger partial charge is 0.456 e. The molecule has 0 amide bonds. The number of rotatable bonds is 8. The van der Waals surface area contributed by atoms with Gasteiger partial charge in [0.2, 0.25) is 0 Å². The lowest BCUT2D eigenvalue weighted by molar-refractivity contribution is -0.313. The molecule has 0 spiro atoms. The Labute approximate surface area is 166 Å². The van der Waals surface area contributed by atoms with Gasteiger partial charge in [0.15, 0.2) is 24.6 Å². The van der Waals surface area contributed by atoms with Crippen molar-refractivity contribution >= 4 is 26.0 Å². The van der Waals surface area contributed by atoms with Crippen molar-refractivity contribution < 1.29 is 43.2 Å². The number of hydrogen-bond donors (Lipinski definition) is 1. The van der Waals surface area contributed by atoms with Gasteiger partial charge in [-0.2, -0.15) is 0 Å². The van der Waals surface area contributed by atoms with Gasteiger partial charge in [0.25, 0.3) is 0 Å². The van der Waals surface area contributed by atoms with Gasteiger partial charge >= 0.3 is 17.9 Å². The normalized spacial score (nSPS) is 28.9. The Morgan fingerprint density at radius 2 is 1.39 bits per heavy atom. The van der Waals surface area contributed by atoms with E-state index in [1.165, 1.54) is 27.7 Å². The second-order valence-corrected chi connectivity index (χ2v) is 13.7. The first-order valence-electron chi connectivity index (χ1n) is 9.28. The quantitative estimate of drug-likeness (QED) is 0.351. The van der Waals surface area contributed by atoms with Crippen LogP contribution in [0.2, 0.25) is 25.7 Å². The first-order valence-corrected chi connectivity index (χ1v) is 13.0. The number of carbonyl (C=O) groups is 3. The summed E-state index contributed by atoms with van der Waals surface area (Å²) in [7, 11) is -1.41. The van der Waals surface area contributed by atoms with Crippen LogP contribution in [0, 0.1) is 0 Å². The Bertz CT molecular complexity index is 558. The van der Waals surface area contributed by atoms with Crippen LogP contribution in [-0.2, 0) is 38.1 Å². The fourth-order valence-electron chi connectivity index (χ4n) is 2.81. The van der Waals surface area contributed by atoms with E-state index in [2.05, 4.69) is 19.6 Å². The summed E-state index contributed by atoms with van der Waals surface area (Å²) < 4.78 is 27.5. The Hall–Kier alpha value is -1.49. The molecule has 0 saturated carbocycles. The predicted octanol–water partition coefficient (Wildman–Crippen LogP) is 1.24. The molecule has 0 bridgehead atoms. The van der Waals surface area contributed by atoms with Crippen LogP contribution in [0.15, 0.2) is 0 Å². The van der Waals surface area contributed by atoms with E-state index in [9.17, 15) is 19.5 Å². The number of aliphatic hydroxyl groups excluding tert-OH is 1. The van der Waals surface area contributed by atoms with Crippen molar-refractivity contribution in [3.05, 3.63) is 0 Å². The molecule has 1 saturated heterocycles. The zero-order valence-electron chi connectivity index (χ0n) is 17.6. The summed E-state index contributed by atoms with van der Waals surface area (Å²) in [4.78, 5) is 34.9. The standard InChI is InChI=1S/C18H32O9Si/c1-10(19)14-15(24-11(2)20)16(25-12(3)21)17(26-13(4)22)18(27-14)23-8-9-28(5,6)7/h10,14-19H,8-9H2,1-7H3/t10-,14+,15-,16-,17+,18+/m0/s1. The predicted molar refractivity (Wildman–Crippen MR) is 101 cm³/mol. The van der Waals surface area contributed by atoms with Crippen LogP contribution in [0.25, 0.3) is 0 Å². The van der Waals surface area contributed by atoms with Crippen molar-refractivity contribution in [2.24, 2.45) is 0 Å². The molecule has 162 valence electrons. The van der Waals surface area contributed by atoms with E-state index in [0.29, 0.717) is 6.61 Å². The SMILES string of the molecule is CC(=O)O[C@@H]1[C@H](OC(C)=O)[C@@H](OC(C)=O)[C@H](OCC[Si](C)(C)C)O[C@@H]1[C@H](C)O. The average Bonchev–Trinajstić information content (AvgIpc) is 2.49. The van der Waals surface area contributed by atoms with Crippen LogP contribution >= 0.6 is 0 Å². The van der Waals surface area contributed by atoms with Crippen LogP contribution in [0.1, 0.15) is 27.7 Å². The summed E-state index contributed by atoms with van der Waals surface area (Å²) >= 11 is 0. The molecule has 1 heterocycles. The molecule has 9 nitrogen and oxygen atoms in total. The maximum Gasteiger partial charge on any atom is 0.303 e. The lowest BCUT2D eigenvalue weighted by atomic mass is 9.95. The molecule has 0 aromatic rings. The molecular formula is C18H32O9Si. The molecular weight excluding hydrogens is 388 g/mol. The first kappa shape index (κ1) is 24.5. The summed E-state index contributed by atoms with van der Waals surface area (Å²) in [6, 6.07) is 0.824. The van der Waals surface area contributed by atoms with E-state index in [4.69, 9.17) is 23.7 Å². The van der Waals surface area contributed by atoms with Gasteiger partial charge in [0.05, 0.1) is 6.10 Å². The van der Waals surface area contributed by atoms with E-state index < -0.39 is 62.8 Å². The number of ether oxygens (including phenoxy) is 5. The van der Waals surface area contributed by atoms with Crippen molar-refractivity contribution in [3.63, 3.8) is 0 Å². The minimum Gasteiger partial charge on any atom is -0.456 e. The highest BCUT2D eigenvalue weighted by Gasteiger charge is 2.53. The van der Waals surface area contributed by atoms with Crippen molar-refractivity contribution in [1.82, 2.24) is 0 Å². The maximum absolute atomic E-state index is 11.7. The van der Waals surface area contributed by atoms with Crippen molar-refractivity contribution in [3.8, 4) is 0 Å². The molecule has 1 rings (SSSR count). The molecule has 1 aliphatic rings. The van der Waals surface area contributed by atoms with Gasteiger partial charge in [-0.3, -0.25) is 14.4 Å². The van der Waals surface area contributed by atoms with Crippen LogP contribution < -0.4 is 0 Å². The molecule has 1 fully saturated rings. The smallest absolute Gasteiger partial charge is 0.303 e. The molecule has 1 N–H and O–H groups in total. The highest BCUT2D eigenvalue weighted by atomic mass is 28.3. The molecule has 1 aliphatic heterocycles. The van der Waals surface area contributed by atoms with Gasteiger partial charge in [-0.15, -0.1) is 0 Å². The number of carbonyl (C=O) groups excluding carboxylic acids is 3. The molecule has 6 atom stereocenters. The highest BCUT2D eigenvalue weighted by molar-refractivity contribution is 6.76. The molecule has 0 aromatic carbocycles. The molecule has 10 heteroatoms. The van der Waals surface area contributed by atoms with E-state index in [1.807, 2.05) is 0 Å². The third-order valence-corrected chi connectivity index (χ3v) is 5.75. The zero-order chi connectivity index (χ0) is 21.6. The lowest BCUT2D eigenvalue weighted by Crippen LogP contribution is -2.64. The van der Waals surface area contributed by atoms with Gasteiger partial charge in [0, 0.05) is 35.5 Å². The highest BCUT2D eigenvalue weighted by Crippen LogP contribution is 2.31. The van der Waals surface area contributed by atoms with Gasteiger partial charge in [-0.25, -0.2) is 0 Å². The number of aliphatic hydroxyl groups is 1. The van der Waals surface area contributed by atoms with Gasteiger partial charge in [-0.05, 0) is 13.0 Å². The first-order chi connectivity index (χ1) is 12.8. The topological polar surface area (TPSA) is 118 Å². The van der Waals surface area contributed by atoms with Gasteiger partial charge in [0.1, 0.15) is 6.10 Å². The summed E-state index contributed by atoms with van der Waals surface area (Å²) in [5, 5.41) is 10.1. The number of esters is 3. The van der Waals surface area contributed by atoms with Crippen molar-refractivity contribution in [2.45, 2.75) is 90.2 Å². The third-order valence-electron chi connectivity index (χ3n) is 4.05. The van der Waals surface area contributed by atoms with Crippen LogP contribution in [0.3, 0.4) is 0 Å². The monoisotopic (exact) mass is 420 g/mol. The molecule has 0 aromatic heterocycles. The summed E-state index contributed by atoms with van der Waals surface area (Å²) in [5.74, 6) is -1.95. The Morgan fingerprint density at radius 1 is 0.929 bits per heavy atom. The van der Waals surface area contributed by atoms with Crippen molar-refractivity contribution in [2.75, 3.05) is 6.61 Å². The third kappa shape index (κ3) is 7.86. The Balaban J connectivity index is 3.20. The minimum absolute atomic E-state index is 0.343. The summed E-state index contributed by atoms with van der Waals surface area (Å²) in [6.07, 6.45) is -6.68. The van der Waals surface area contributed by atoms with E-state index in [-0.39, 0.29) is 0 Å². The summed E-state index contributed by atoms with van der Waals surface area (Å²) in [5.41, 5.74) is 0. The Morgan fingerprint density at radius 3 is 1.82 bits per heavy atom. The Kier molecular flexibility index (Phi) is 9.06. The summed E-state index contributed by atoms with van der Waals surface area (Å²) in [6.45, 7) is 11.9. The average molecular weight is 421 g/mol. The minimum atomic E-state index is -1.41. The van der Waals surface area contributed by atoms with E-state index in [1.54, 1.807) is 0 Å². The van der Waals surface area contributed by atoms with Gasteiger partial charge < -0.3 is 28.8 Å². The molecule has 28 heavy (non-hydrogen) atoms. The molecule has 0 unspecified atom stereocenters. The van der Waals surface area contributed by atoms with Crippen LogP contribution in [0.4, 0.5) is 0 Å². The fraction of sp³-hybridized carbons (Fsp3) is 0.833. The zero-order valence-corrected chi connectivity index (χ0v) is 18.6. The van der Waals surface area contributed by atoms with Gasteiger partial charge in [-0.1, -0.05) is 19.6 Å². The van der Waals surface area contributed by atoms with Crippen LogP contribution in [-0.4, -0.2) is 74.5 Å². The second kappa shape index (κ2) is 10.3. The van der Waals surface area contributed by atoms with Crippen molar-refractivity contribution in [1.29, 1.82) is 0 Å². The maximum atomic E-state index is 11.7. The molecule has 0 radical (unpaired) electrons. The lowest BCUT2D eigenvalue weighted by Gasteiger charge is -2.45. The number of hydrogen-bond acceptors (Lipinski definition) is 9. The molecule has 0 aliphatic carbocycles. The van der Waals surface area contributed by atoms with Crippen LogP contribution in [0.5, 0.6) is 0 Å². The van der Waals surface area contributed by atoms with E-state index >= 15 is 0 Å². The van der Waals surface area contributed by atoms with E-state index in [0.717, 1.165) is 6.04 Å². The fourth-order valence-corrected chi connectivity index (χ4v) is 3.54. The second-order valence-electron chi connectivity index (χ2n) is 8.11.